The van der Waals surface area contributed by atoms with E-state index in [1.165, 1.54) is 36.6 Å². The first-order chi connectivity index (χ1) is 11.7. The number of hydrogen-bond acceptors (Lipinski definition) is 3. The standard InChI is InChI=1S/C20H22N2OS/c1-2-3-4-7-16-10-12-17(13-11-16)22-20(23)18-8-5-6-9-19(18)24-15-14-21/h5-6,8-13H,2-4,7,15H2,1H3,(H,22,23). The smallest absolute Gasteiger partial charge is 0.256 e. The molecular formula is C20H22N2OS. The third-order valence-corrected chi connectivity index (χ3v) is 4.65. The van der Waals surface area contributed by atoms with Crippen LogP contribution in [0.2, 0.25) is 0 Å². The average molecular weight is 338 g/mol. The molecule has 0 radical (unpaired) electrons. The van der Waals surface area contributed by atoms with Crippen LogP contribution in [0, 0.1) is 11.3 Å². The summed E-state index contributed by atoms with van der Waals surface area (Å²) in [6, 6.07) is 17.5. The van der Waals surface area contributed by atoms with Crippen LogP contribution in [0.1, 0.15) is 42.1 Å². The molecule has 1 N–H and O–H groups in total. The molecule has 124 valence electrons. The molecule has 0 fully saturated rings. The number of anilines is 1. The summed E-state index contributed by atoms with van der Waals surface area (Å²) in [6.07, 6.45) is 4.74. The molecule has 0 aliphatic rings. The monoisotopic (exact) mass is 338 g/mol. The number of carbonyl (C=O) groups excluding carboxylic acids is 1. The Morgan fingerprint density at radius 3 is 2.58 bits per heavy atom. The van der Waals surface area contributed by atoms with Crippen LogP contribution in [0.4, 0.5) is 5.69 Å². The quantitative estimate of drug-likeness (QED) is 0.526. The van der Waals surface area contributed by atoms with Crippen molar-refractivity contribution in [1.82, 2.24) is 0 Å². The third kappa shape index (κ3) is 5.43. The van der Waals surface area contributed by atoms with Gasteiger partial charge in [-0.25, -0.2) is 0 Å². The van der Waals surface area contributed by atoms with Gasteiger partial charge in [0.2, 0.25) is 0 Å². The van der Waals surface area contributed by atoms with E-state index in [-0.39, 0.29) is 5.91 Å². The summed E-state index contributed by atoms with van der Waals surface area (Å²) < 4.78 is 0. The second-order valence-electron chi connectivity index (χ2n) is 5.55. The lowest BCUT2D eigenvalue weighted by atomic mass is 10.1. The number of benzene rings is 2. The summed E-state index contributed by atoms with van der Waals surface area (Å²) >= 11 is 1.38. The van der Waals surface area contributed by atoms with Crippen LogP contribution >= 0.6 is 11.8 Å². The lowest BCUT2D eigenvalue weighted by molar-refractivity contribution is 0.102. The van der Waals surface area contributed by atoms with Gasteiger partial charge in [-0.2, -0.15) is 5.26 Å². The number of thioether (sulfide) groups is 1. The van der Waals surface area contributed by atoms with E-state index in [4.69, 9.17) is 5.26 Å². The van der Waals surface area contributed by atoms with E-state index in [0.29, 0.717) is 11.3 Å². The molecule has 2 aromatic rings. The van der Waals surface area contributed by atoms with Crippen LogP contribution in [0.5, 0.6) is 0 Å². The highest BCUT2D eigenvalue weighted by atomic mass is 32.2. The Bertz CT molecular complexity index is 704. The maximum Gasteiger partial charge on any atom is 0.256 e. The van der Waals surface area contributed by atoms with E-state index >= 15 is 0 Å². The van der Waals surface area contributed by atoms with Crippen molar-refractivity contribution in [3.05, 3.63) is 59.7 Å². The van der Waals surface area contributed by atoms with Crippen LogP contribution in [0.15, 0.2) is 53.4 Å². The summed E-state index contributed by atoms with van der Waals surface area (Å²) in [6.45, 7) is 2.20. The Hall–Kier alpha value is -2.25. The molecule has 3 nitrogen and oxygen atoms in total. The maximum absolute atomic E-state index is 12.5. The number of nitrogens with one attached hydrogen (secondary N) is 1. The van der Waals surface area contributed by atoms with Gasteiger partial charge in [-0.15, -0.1) is 11.8 Å². The average Bonchev–Trinajstić information content (AvgIpc) is 2.62. The molecular weight excluding hydrogens is 316 g/mol. The maximum atomic E-state index is 12.5. The van der Waals surface area contributed by atoms with E-state index in [1.807, 2.05) is 30.3 Å². The molecule has 1 amide bonds. The van der Waals surface area contributed by atoms with Gasteiger partial charge in [0.1, 0.15) is 0 Å². The second kappa shape index (κ2) is 9.79. The molecule has 0 aliphatic carbocycles. The van der Waals surface area contributed by atoms with Crippen molar-refractivity contribution < 1.29 is 4.79 Å². The summed E-state index contributed by atoms with van der Waals surface area (Å²) in [7, 11) is 0. The third-order valence-electron chi connectivity index (χ3n) is 3.70. The highest BCUT2D eigenvalue weighted by Crippen LogP contribution is 2.23. The van der Waals surface area contributed by atoms with Gasteiger partial charge in [0.05, 0.1) is 17.4 Å². The van der Waals surface area contributed by atoms with E-state index < -0.39 is 0 Å². The summed E-state index contributed by atoms with van der Waals surface area (Å²) in [5.74, 6) is 0.186. The SMILES string of the molecule is CCCCCc1ccc(NC(=O)c2ccccc2SCC#N)cc1. The van der Waals surface area contributed by atoms with Crippen LogP contribution in [-0.4, -0.2) is 11.7 Å². The largest absolute Gasteiger partial charge is 0.322 e. The first kappa shape index (κ1) is 18.1. The van der Waals surface area contributed by atoms with Crippen molar-refractivity contribution in [3.8, 4) is 6.07 Å². The van der Waals surface area contributed by atoms with Gasteiger partial charge in [-0.1, -0.05) is 44.0 Å². The Kier molecular flexibility index (Phi) is 7.38. The molecule has 2 aromatic carbocycles. The predicted molar refractivity (Wildman–Crippen MR) is 100 cm³/mol. The molecule has 0 aliphatic heterocycles. The molecule has 4 heteroatoms. The zero-order valence-corrected chi connectivity index (χ0v) is 14.7. The Morgan fingerprint density at radius 1 is 1.12 bits per heavy atom. The first-order valence-corrected chi connectivity index (χ1v) is 9.22. The summed E-state index contributed by atoms with van der Waals surface area (Å²) in [4.78, 5) is 13.3. The molecule has 0 heterocycles. The predicted octanol–water partition coefficient (Wildman–Crippen LogP) is 5.29. The van der Waals surface area contributed by atoms with E-state index in [9.17, 15) is 4.79 Å². The highest BCUT2D eigenvalue weighted by Gasteiger charge is 2.11. The molecule has 24 heavy (non-hydrogen) atoms. The molecule has 0 aromatic heterocycles. The number of amides is 1. The van der Waals surface area contributed by atoms with Gasteiger partial charge in [-0.05, 0) is 42.7 Å². The van der Waals surface area contributed by atoms with Crippen LogP contribution in [0.3, 0.4) is 0 Å². The van der Waals surface area contributed by atoms with E-state index in [1.54, 1.807) is 6.07 Å². The van der Waals surface area contributed by atoms with Gasteiger partial charge in [-0.3, -0.25) is 4.79 Å². The first-order valence-electron chi connectivity index (χ1n) is 8.23. The minimum absolute atomic E-state index is 0.144. The van der Waals surface area contributed by atoms with Crippen molar-refractivity contribution >= 4 is 23.4 Å². The molecule has 0 saturated carbocycles. The van der Waals surface area contributed by atoms with Crippen molar-refractivity contribution in [3.63, 3.8) is 0 Å². The normalized spacial score (nSPS) is 10.2. The number of nitriles is 1. The van der Waals surface area contributed by atoms with Crippen molar-refractivity contribution in [1.29, 1.82) is 5.26 Å². The lowest BCUT2D eigenvalue weighted by Gasteiger charge is -2.09. The van der Waals surface area contributed by atoms with E-state index in [0.717, 1.165) is 17.0 Å². The van der Waals surface area contributed by atoms with E-state index in [2.05, 4.69) is 30.4 Å². The number of hydrogen-bond donors (Lipinski definition) is 1. The Morgan fingerprint density at radius 2 is 1.88 bits per heavy atom. The minimum atomic E-state index is -0.144. The number of unbranched alkanes of at least 4 members (excludes halogenated alkanes) is 2. The van der Waals surface area contributed by atoms with Gasteiger partial charge in [0, 0.05) is 10.6 Å². The minimum Gasteiger partial charge on any atom is -0.322 e. The molecule has 0 saturated heterocycles. The second-order valence-corrected chi connectivity index (χ2v) is 6.57. The van der Waals surface area contributed by atoms with Gasteiger partial charge >= 0.3 is 0 Å². The number of aryl methyl sites for hydroxylation is 1. The van der Waals surface area contributed by atoms with Gasteiger partial charge < -0.3 is 5.32 Å². The molecule has 0 spiro atoms. The fourth-order valence-electron chi connectivity index (χ4n) is 2.42. The summed E-state index contributed by atoms with van der Waals surface area (Å²) in [5.41, 5.74) is 2.69. The number of rotatable bonds is 8. The molecule has 0 bridgehead atoms. The Balaban J connectivity index is 2.01. The van der Waals surface area contributed by atoms with Gasteiger partial charge in [0.15, 0.2) is 0 Å². The molecule has 2 rings (SSSR count). The number of carbonyl (C=O) groups is 1. The fraction of sp³-hybridized carbons (Fsp3) is 0.300. The molecule has 0 unspecified atom stereocenters. The molecule has 0 atom stereocenters. The topological polar surface area (TPSA) is 52.9 Å². The fourth-order valence-corrected chi connectivity index (χ4v) is 3.13. The Labute approximate surface area is 148 Å². The van der Waals surface area contributed by atoms with Crippen LogP contribution in [0.25, 0.3) is 0 Å². The zero-order valence-electron chi connectivity index (χ0n) is 13.9. The van der Waals surface area contributed by atoms with Gasteiger partial charge in [0.25, 0.3) is 5.91 Å². The zero-order chi connectivity index (χ0) is 17.2. The lowest BCUT2D eigenvalue weighted by Crippen LogP contribution is -2.13. The van der Waals surface area contributed by atoms with Crippen molar-refractivity contribution in [2.75, 3.05) is 11.1 Å². The number of nitrogens with zero attached hydrogens (tertiary/aromatic N) is 1. The summed E-state index contributed by atoms with van der Waals surface area (Å²) in [5, 5.41) is 11.7. The highest BCUT2D eigenvalue weighted by molar-refractivity contribution is 7.99. The van der Waals surface area contributed by atoms with Crippen molar-refractivity contribution in [2.24, 2.45) is 0 Å². The van der Waals surface area contributed by atoms with Crippen LogP contribution < -0.4 is 5.32 Å². The van der Waals surface area contributed by atoms with Crippen LogP contribution in [-0.2, 0) is 6.42 Å². The van der Waals surface area contributed by atoms with Crippen molar-refractivity contribution in [2.45, 2.75) is 37.5 Å².